The third-order valence-electron chi connectivity index (χ3n) is 6.39. The van der Waals surface area contributed by atoms with Gasteiger partial charge in [-0.05, 0) is 67.1 Å². The van der Waals surface area contributed by atoms with Gasteiger partial charge < -0.3 is 19.5 Å². The van der Waals surface area contributed by atoms with E-state index in [2.05, 4.69) is 15.3 Å². The molecule has 4 aromatic rings. The van der Waals surface area contributed by atoms with Gasteiger partial charge in [0.05, 0.1) is 57.7 Å². The Morgan fingerprint density at radius 3 is 2.54 bits per heavy atom. The number of pyridine rings is 1. The van der Waals surface area contributed by atoms with Gasteiger partial charge >= 0.3 is 0 Å². The molecule has 0 saturated heterocycles. The molecule has 0 atom stereocenters. The van der Waals surface area contributed by atoms with Gasteiger partial charge in [-0.1, -0.05) is 17.7 Å². The minimum absolute atomic E-state index is 0.110. The van der Waals surface area contributed by atoms with E-state index in [9.17, 15) is 9.59 Å². The highest BCUT2D eigenvalue weighted by Gasteiger charge is 2.22. The first-order valence-electron chi connectivity index (χ1n) is 13.3. The maximum absolute atomic E-state index is 13.4. The highest BCUT2D eigenvalue weighted by atomic mass is 35.5. The lowest BCUT2D eigenvalue weighted by atomic mass is 10.1. The molecule has 0 spiro atoms. The first-order valence-corrected chi connectivity index (χ1v) is 13.7. The number of amides is 1. The molecule has 4 rings (SSSR count). The second-order valence-electron chi connectivity index (χ2n) is 9.14. The van der Waals surface area contributed by atoms with Crippen molar-refractivity contribution in [1.82, 2.24) is 14.9 Å². The average molecular weight is 577 g/mol. The summed E-state index contributed by atoms with van der Waals surface area (Å²) in [6.07, 6.45) is 3.55. The summed E-state index contributed by atoms with van der Waals surface area (Å²) in [6.45, 7) is 4.44. The van der Waals surface area contributed by atoms with E-state index in [1.165, 1.54) is 0 Å². The normalized spacial score (nSPS) is 11.3. The van der Waals surface area contributed by atoms with Crippen LogP contribution in [0.3, 0.4) is 0 Å². The number of aromatic nitrogens is 2. The van der Waals surface area contributed by atoms with E-state index < -0.39 is 0 Å². The molecule has 1 N–H and O–H groups in total. The Balaban J connectivity index is 1.25. The molecular formula is C31H33ClN4O5. The number of nitrogens with one attached hydrogen (secondary N) is 1. The Kier molecular flexibility index (Phi) is 11.0. The van der Waals surface area contributed by atoms with Crippen molar-refractivity contribution in [2.24, 2.45) is 4.99 Å². The molecule has 10 heteroatoms. The Morgan fingerprint density at radius 1 is 1.02 bits per heavy atom. The van der Waals surface area contributed by atoms with Crippen molar-refractivity contribution in [3.8, 4) is 5.75 Å². The van der Waals surface area contributed by atoms with Gasteiger partial charge in [-0.2, -0.15) is 0 Å². The molecule has 0 aliphatic heterocycles. The smallest absolute Gasteiger partial charge is 0.262 e. The predicted octanol–water partition coefficient (Wildman–Crippen LogP) is 4.51. The fourth-order valence-corrected chi connectivity index (χ4v) is 4.46. The summed E-state index contributed by atoms with van der Waals surface area (Å²) >= 11 is 6.00. The minimum Gasteiger partial charge on any atom is -0.497 e. The summed E-state index contributed by atoms with van der Waals surface area (Å²) in [6, 6.07) is 17.9. The lowest BCUT2D eigenvalue weighted by Gasteiger charge is -2.09. The van der Waals surface area contributed by atoms with Crippen molar-refractivity contribution >= 4 is 40.5 Å². The number of ether oxygens (including phenoxy) is 3. The number of hydrogen-bond donors (Lipinski definition) is 1. The van der Waals surface area contributed by atoms with Crippen molar-refractivity contribution in [3.63, 3.8) is 0 Å². The summed E-state index contributed by atoms with van der Waals surface area (Å²) < 4.78 is 18.1. The van der Waals surface area contributed by atoms with E-state index in [0.29, 0.717) is 67.1 Å². The van der Waals surface area contributed by atoms with Crippen LogP contribution in [0.25, 0.3) is 10.9 Å². The van der Waals surface area contributed by atoms with Gasteiger partial charge in [0, 0.05) is 40.6 Å². The number of carbonyl (C=O) groups is 2. The molecule has 2 aromatic carbocycles. The Hall–Kier alpha value is -4.05. The molecular weight excluding hydrogens is 544 g/mol. The van der Waals surface area contributed by atoms with E-state index in [1.54, 1.807) is 54.4 Å². The van der Waals surface area contributed by atoms with Gasteiger partial charge in [0.1, 0.15) is 5.75 Å². The van der Waals surface area contributed by atoms with Crippen LogP contribution in [-0.2, 0) is 20.7 Å². The van der Waals surface area contributed by atoms with Crippen LogP contribution in [0.2, 0.25) is 5.02 Å². The molecule has 2 aromatic heterocycles. The second kappa shape index (κ2) is 15.1. The topological polar surface area (TPSA) is 104 Å². The molecule has 1 amide bonds. The molecule has 0 unspecified atom stereocenters. The number of aliphatic imine (C=N–C) groups is 1. The summed E-state index contributed by atoms with van der Waals surface area (Å²) in [4.78, 5) is 34.7. The SMILES string of the molecule is COc1ccc2c(c1)c(CC(=O)NCCOCCOCC/N=C/c1ccccn1)c(C)n2C(=O)c1ccc(Cl)cc1. The Morgan fingerprint density at radius 2 is 1.80 bits per heavy atom. The number of rotatable bonds is 14. The molecule has 214 valence electrons. The first-order chi connectivity index (χ1) is 20.0. The molecule has 0 aliphatic rings. The highest BCUT2D eigenvalue weighted by molar-refractivity contribution is 6.30. The Bertz CT molecular complexity index is 1490. The molecule has 41 heavy (non-hydrogen) atoms. The van der Waals surface area contributed by atoms with Crippen LogP contribution < -0.4 is 10.1 Å². The van der Waals surface area contributed by atoms with Gasteiger partial charge in [-0.3, -0.25) is 24.1 Å². The number of benzene rings is 2. The number of halogens is 1. The van der Waals surface area contributed by atoms with Crippen molar-refractivity contribution < 1.29 is 23.8 Å². The summed E-state index contributed by atoms with van der Waals surface area (Å²) in [7, 11) is 1.58. The zero-order valence-electron chi connectivity index (χ0n) is 23.1. The van der Waals surface area contributed by atoms with Gasteiger partial charge in [-0.25, -0.2) is 0 Å². The van der Waals surface area contributed by atoms with E-state index in [4.69, 9.17) is 25.8 Å². The molecule has 0 saturated carbocycles. The third-order valence-corrected chi connectivity index (χ3v) is 6.64. The first kappa shape index (κ1) is 29.9. The van der Waals surface area contributed by atoms with Crippen molar-refractivity contribution in [2.75, 3.05) is 46.6 Å². The summed E-state index contributed by atoms with van der Waals surface area (Å²) in [5, 5.41) is 4.23. The van der Waals surface area contributed by atoms with Crippen molar-refractivity contribution in [3.05, 3.63) is 94.4 Å². The second-order valence-corrected chi connectivity index (χ2v) is 9.57. The molecule has 0 fully saturated rings. The molecule has 2 heterocycles. The van der Waals surface area contributed by atoms with Crippen LogP contribution in [0.4, 0.5) is 0 Å². The lowest BCUT2D eigenvalue weighted by molar-refractivity contribution is -0.120. The fraction of sp³-hybridized carbons (Fsp3) is 0.290. The average Bonchev–Trinajstić information content (AvgIpc) is 3.26. The zero-order chi connectivity index (χ0) is 29.0. The van der Waals surface area contributed by atoms with E-state index in [-0.39, 0.29) is 18.2 Å². The minimum atomic E-state index is -0.198. The number of hydrogen-bond acceptors (Lipinski definition) is 7. The highest BCUT2D eigenvalue weighted by Crippen LogP contribution is 2.30. The molecule has 9 nitrogen and oxygen atoms in total. The van der Waals surface area contributed by atoms with Crippen LogP contribution in [0.5, 0.6) is 5.75 Å². The fourth-order valence-electron chi connectivity index (χ4n) is 4.33. The standard InChI is InChI=1S/C31H33ClN4O5/c1-22-27(20-30(37)35-14-16-41-18-17-40-15-13-33-21-25-5-3-4-12-34-25)28-19-26(39-2)10-11-29(28)36(22)31(38)23-6-8-24(32)9-7-23/h3-12,19,21H,13-18,20H2,1-2H3,(H,35,37)/b33-21+. The van der Waals surface area contributed by atoms with Gasteiger partial charge in [0.2, 0.25) is 5.91 Å². The van der Waals surface area contributed by atoms with E-state index >= 15 is 0 Å². The predicted molar refractivity (Wildman–Crippen MR) is 159 cm³/mol. The maximum atomic E-state index is 13.4. The number of nitrogens with zero attached hydrogens (tertiary/aromatic N) is 3. The molecule has 0 aliphatic carbocycles. The Labute approximate surface area is 244 Å². The zero-order valence-corrected chi connectivity index (χ0v) is 23.9. The van der Waals surface area contributed by atoms with Gasteiger partial charge in [-0.15, -0.1) is 0 Å². The van der Waals surface area contributed by atoms with Crippen LogP contribution >= 0.6 is 11.6 Å². The van der Waals surface area contributed by atoms with Crippen LogP contribution in [0.15, 0.2) is 71.9 Å². The quantitative estimate of drug-likeness (QED) is 0.175. The van der Waals surface area contributed by atoms with Gasteiger partial charge in [0.25, 0.3) is 5.91 Å². The largest absolute Gasteiger partial charge is 0.497 e. The van der Waals surface area contributed by atoms with E-state index in [1.807, 2.05) is 37.3 Å². The number of carbonyl (C=O) groups excluding carboxylic acids is 2. The van der Waals surface area contributed by atoms with Gasteiger partial charge in [0.15, 0.2) is 0 Å². The molecule has 0 bridgehead atoms. The van der Waals surface area contributed by atoms with Crippen LogP contribution in [0, 0.1) is 6.92 Å². The van der Waals surface area contributed by atoms with Crippen molar-refractivity contribution in [2.45, 2.75) is 13.3 Å². The summed E-state index contributed by atoms with van der Waals surface area (Å²) in [5.41, 5.74) is 3.47. The molecule has 0 radical (unpaired) electrons. The monoisotopic (exact) mass is 576 g/mol. The van der Waals surface area contributed by atoms with E-state index in [0.717, 1.165) is 16.6 Å². The van der Waals surface area contributed by atoms with Crippen LogP contribution in [-0.4, -0.2) is 74.2 Å². The van der Waals surface area contributed by atoms with Crippen molar-refractivity contribution in [1.29, 1.82) is 0 Å². The summed E-state index contributed by atoms with van der Waals surface area (Å²) in [5.74, 6) is 0.280. The lowest BCUT2D eigenvalue weighted by Crippen LogP contribution is -2.29. The maximum Gasteiger partial charge on any atom is 0.262 e. The number of methoxy groups -OCH3 is 1. The third kappa shape index (κ3) is 8.23. The number of fused-ring (bicyclic) bond motifs is 1. The van der Waals surface area contributed by atoms with Crippen LogP contribution in [0.1, 0.15) is 27.3 Å².